The van der Waals surface area contributed by atoms with E-state index in [4.69, 9.17) is 4.74 Å². The van der Waals surface area contributed by atoms with Crippen LogP contribution in [0.15, 0.2) is 48.7 Å². The standard InChI is InChI=1S/C15H14N2O/c1-17-9-8-12-10-11(6-7-14(12)17)13-4-3-5-15(16-13)18-2/h3-10H,1-2H3. The maximum Gasteiger partial charge on any atom is 0.213 e. The summed E-state index contributed by atoms with van der Waals surface area (Å²) in [6.07, 6.45) is 2.06. The molecule has 0 radical (unpaired) electrons. The van der Waals surface area contributed by atoms with Crippen LogP contribution in [0.1, 0.15) is 0 Å². The molecule has 18 heavy (non-hydrogen) atoms. The van der Waals surface area contributed by atoms with Crippen molar-refractivity contribution in [2.45, 2.75) is 0 Å². The van der Waals surface area contributed by atoms with Gasteiger partial charge in [0.1, 0.15) is 0 Å². The number of ether oxygens (including phenoxy) is 1. The summed E-state index contributed by atoms with van der Waals surface area (Å²) in [7, 11) is 3.68. The number of aromatic nitrogens is 2. The fourth-order valence-corrected chi connectivity index (χ4v) is 2.13. The van der Waals surface area contributed by atoms with Gasteiger partial charge in [0.25, 0.3) is 0 Å². The molecule has 0 unspecified atom stereocenters. The van der Waals surface area contributed by atoms with E-state index in [9.17, 15) is 0 Å². The van der Waals surface area contributed by atoms with Gasteiger partial charge in [0.2, 0.25) is 5.88 Å². The first-order valence-corrected chi connectivity index (χ1v) is 5.84. The van der Waals surface area contributed by atoms with Crippen molar-refractivity contribution >= 4 is 10.9 Å². The number of fused-ring (bicyclic) bond motifs is 1. The minimum atomic E-state index is 0.639. The predicted octanol–water partition coefficient (Wildman–Crippen LogP) is 3.25. The molecule has 0 aliphatic rings. The van der Waals surface area contributed by atoms with Crippen molar-refractivity contribution in [2.75, 3.05) is 7.11 Å². The predicted molar refractivity (Wildman–Crippen MR) is 72.7 cm³/mol. The molecule has 0 aliphatic carbocycles. The largest absolute Gasteiger partial charge is 0.481 e. The Kier molecular flexibility index (Phi) is 2.52. The van der Waals surface area contributed by atoms with Crippen LogP contribution >= 0.6 is 0 Å². The van der Waals surface area contributed by atoms with Crippen molar-refractivity contribution in [3.05, 3.63) is 48.7 Å². The second kappa shape index (κ2) is 4.18. The quantitative estimate of drug-likeness (QED) is 0.685. The number of hydrogen-bond donors (Lipinski definition) is 0. The Morgan fingerprint density at radius 1 is 1.11 bits per heavy atom. The van der Waals surface area contributed by atoms with Crippen LogP contribution in [0.25, 0.3) is 22.2 Å². The number of benzene rings is 1. The van der Waals surface area contributed by atoms with Gasteiger partial charge in [-0.05, 0) is 24.3 Å². The average Bonchev–Trinajstić information content (AvgIpc) is 2.80. The van der Waals surface area contributed by atoms with Gasteiger partial charge in [0.15, 0.2) is 0 Å². The Bertz CT molecular complexity index is 701. The molecule has 0 bridgehead atoms. The molecule has 0 amide bonds. The molecule has 0 saturated carbocycles. The molecule has 0 fully saturated rings. The Morgan fingerprint density at radius 3 is 2.83 bits per heavy atom. The Hall–Kier alpha value is -2.29. The summed E-state index contributed by atoms with van der Waals surface area (Å²) in [6, 6.07) is 14.3. The minimum absolute atomic E-state index is 0.639. The highest BCUT2D eigenvalue weighted by Gasteiger charge is 2.04. The van der Waals surface area contributed by atoms with Crippen LogP contribution in [0.5, 0.6) is 5.88 Å². The van der Waals surface area contributed by atoms with Crippen LogP contribution in [0.4, 0.5) is 0 Å². The first kappa shape index (κ1) is 10.8. The molecule has 3 nitrogen and oxygen atoms in total. The normalized spacial score (nSPS) is 10.8. The van der Waals surface area contributed by atoms with Crippen molar-refractivity contribution in [2.24, 2.45) is 7.05 Å². The lowest BCUT2D eigenvalue weighted by Crippen LogP contribution is -1.89. The van der Waals surface area contributed by atoms with E-state index in [1.807, 2.05) is 25.2 Å². The van der Waals surface area contributed by atoms with E-state index in [1.165, 1.54) is 10.9 Å². The number of pyridine rings is 1. The van der Waals surface area contributed by atoms with E-state index in [-0.39, 0.29) is 0 Å². The average molecular weight is 238 g/mol. The molecule has 3 aromatic rings. The monoisotopic (exact) mass is 238 g/mol. The minimum Gasteiger partial charge on any atom is -0.481 e. The Labute approximate surface area is 106 Å². The zero-order valence-electron chi connectivity index (χ0n) is 10.4. The van der Waals surface area contributed by atoms with Gasteiger partial charge in [-0.2, -0.15) is 0 Å². The molecule has 0 saturated heterocycles. The molecule has 0 aliphatic heterocycles. The van der Waals surface area contributed by atoms with Crippen molar-refractivity contribution in [1.29, 1.82) is 0 Å². The third-order valence-electron chi connectivity index (χ3n) is 3.11. The molecule has 0 atom stereocenters. The molecule has 90 valence electrons. The number of aryl methyl sites for hydroxylation is 1. The number of hydrogen-bond acceptors (Lipinski definition) is 2. The van der Waals surface area contributed by atoms with Gasteiger partial charge in [-0.15, -0.1) is 0 Å². The molecule has 1 aromatic carbocycles. The molecule has 3 heteroatoms. The van der Waals surface area contributed by atoms with Crippen LogP contribution in [-0.4, -0.2) is 16.7 Å². The van der Waals surface area contributed by atoms with E-state index in [2.05, 4.69) is 40.0 Å². The van der Waals surface area contributed by atoms with E-state index in [0.717, 1.165) is 11.3 Å². The fourth-order valence-electron chi connectivity index (χ4n) is 2.13. The van der Waals surface area contributed by atoms with E-state index in [0.29, 0.717) is 5.88 Å². The Morgan fingerprint density at radius 2 is 2.00 bits per heavy atom. The molecule has 0 spiro atoms. The van der Waals surface area contributed by atoms with Crippen molar-refractivity contribution < 1.29 is 4.74 Å². The zero-order chi connectivity index (χ0) is 12.5. The molecular formula is C15H14N2O. The van der Waals surface area contributed by atoms with Gasteiger partial charge in [0, 0.05) is 35.8 Å². The van der Waals surface area contributed by atoms with Crippen LogP contribution in [0.3, 0.4) is 0 Å². The molecule has 2 heterocycles. The smallest absolute Gasteiger partial charge is 0.213 e. The van der Waals surface area contributed by atoms with Gasteiger partial charge in [0.05, 0.1) is 12.8 Å². The number of rotatable bonds is 2. The van der Waals surface area contributed by atoms with Gasteiger partial charge >= 0.3 is 0 Å². The van der Waals surface area contributed by atoms with Crippen molar-refractivity contribution in [3.63, 3.8) is 0 Å². The van der Waals surface area contributed by atoms with Crippen molar-refractivity contribution in [1.82, 2.24) is 9.55 Å². The van der Waals surface area contributed by atoms with Crippen LogP contribution < -0.4 is 4.74 Å². The zero-order valence-corrected chi connectivity index (χ0v) is 10.4. The lowest BCUT2D eigenvalue weighted by molar-refractivity contribution is 0.398. The van der Waals surface area contributed by atoms with Crippen molar-refractivity contribution in [3.8, 4) is 17.1 Å². The molecule has 2 aromatic heterocycles. The molecule has 3 rings (SSSR count). The maximum atomic E-state index is 5.15. The summed E-state index contributed by atoms with van der Waals surface area (Å²) >= 11 is 0. The molecule has 0 N–H and O–H groups in total. The van der Waals surface area contributed by atoms with Crippen LogP contribution in [0, 0.1) is 0 Å². The summed E-state index contributed by atoms with van der Waals surface area (Å²) in [5, 5.41) is 1.22. The van der Waals surface area contributed by atoms with Gasteiger partial charge in [-0.3, -0.25) is 0 Å². The van der Waals surface area contributed by atoms with Gasteiger partial charge in [-0.1, -0.05) is 12.1 Å². The maximum absolute atomic E-state index is 5.15. The number of nitrogens with zero attached hydrogens (tertiary/aromatic N) is 2. The molecular weight excluding hydrogens is 224 g/mol. The van der Waals surface area contributed by atoms with E-state index >= 15 is 0 Å². The lowest BCUT2D eigenvalue weighted by atomic mass is 10.1. The van der Waals surface area contributed by atoms with E-state index < -0.39 is 0 Å². The first-order valence-electron chi connectivity index (χ1n) is 5.84. The topological polar surface area (TPSA) is 27.1 Å². The summed E-state index contributed by atoms with van der Waals surface area (Å²) in [6.45, 7) is 0. The highest BCUT2D eigenvalue weighted by Crippen LogP contribution is 2.24. The summed E-state index contributed by atoms with van der Waals surface area (Å²) in [4.78, 5) is 4.45. The van der Waals surface area contributed by atoms with Crippen LogP contribution in [-0.2, 0) is 7.05 Å². The summed E-state index contributed by atoms with van der Waals surface area (Å²) in [5.74, 6) is 0.639. The number of methoxy groups -OCH3 is 1. The first-order chi connectivity index (χ1) is 8.78. The highest BCUT2D eigenvalue weighted by atomic mass is 16.5. The van der Waals surface area contributed by atoms with Gasteiger partial charge < -0.3 is 9.30 Å². The fraction of sp³-hybridized carbons (Fsp3) is 0.133. The lowest BCUT2D eigenvalue weighted by Gasteiger charge is -2.04. The third-order valence-corrected chi connectivity index (χ3v) is 3.11. The second-order valence-electron chi connectivity index (χ2n) is 4.27. The Balaban J connectivity index is 2.13. The summed E-state index contributed by atoms with van der Waals surface area (Å²) in [5.41, 5.74) is 3.26. The second-order valence-corrected chi connectivity index (χ2v) is 4.27. The SMILES string of the molecule is COc1cccc(-c2ccc3c(ccn3C)c2)n1. The highest BCUT2D eigenvalue weighted by molar-refractivity contribution is 5.85. The van der Waals surface area contributed by atoms with Gasteiger partial charge in [-0.25, -0.2) is 4.98 Å². The van der Waals surface area contributed by atoms with Crippen LogP contribution in [0.2, 0.25) is 0 Å². The van der Waals surface area contributed by atoms with E-state index in [1.54, 1.807) is 7.11 Å². The summed E-state index contributed by atoms with van der Waals surface area (Å²) < 4.78 is 7.26. The third kappa shape index (κ3) is 1.74.